The van der Waals surface area contributed by atoms with Crippen molar-refractivity contribution in [3.8, 4) is 5.75 Å². The van der Waals surface area contributed by atoms with Gasteiger partial charge >= 0.3 is 0 Å². The summed E-state index contributed by atoms with van der Waals surface area (Å²) in [7, 11) is 1.63. The van der Waals surface area contributed by atoms with Crippen LogP contribution in [0.15, 0.2) is 53.4 Å². The number of methoxy groups -OCH3 is 1. The number of nitrogens with zero attached hydrogens (tertiary/aromatic N) is 1. The van der Waals surface area contributed by atoms with Gasteiger partial charge in [-0.3, -0.25) is 14.9 Å². The number of carbonyl (C=O) groups excluding carboxylic acids is 1. The number of non-ortho nitro benzene ring substituents is 1. The van der Waals surface area contributed by atoms with Crippen molar-refractivity contribution in [2.45, 2.75) is 17.7 Å². The highest BCUT2D eigenvalue weighted by Gasteiger charge is 2.08. The molecule has 24 heavy (non-hydrogen) atoms. The minimum absolute atomic E-state index is 0.0390. The summed E-state index contributed by atoms with van der Waals surface area (Å²) in [6.07, 6.45) is 1.09. The zero-order chi connectivity index (χ0) is 17.4. The summed E-state index contributed by atoms with van der Waals surface area (Å²) >= 11 is 1.67. The fourth-order valence-corrected chi connectivity index (χ4v) is 2.87. The number of nitrogens with one attached hydrogen (secondary N) is 1. The molecule has 0 saturated carbocycles. The van der Waals surface area contributed by atoms with Gasteiger partial charge in [0.25, 0.3) is 5.69 Å². The molecule has 126 valence electrons. The Morgan fingerprint density at radius 3 is 2.67 bits per heavy atom. The van der Waals surface area contributed by atoms with Gasteiger partial charge in [0.05, 0.1) is 12.0 Å². The zero-order valence-corrected chi connectivity index (χ0v) is 14.0. The minimum atomic E-state index is -0.485. The third-order valence-corrected chi connectivity index (χ3v) is 4.32. The molecule has 2 aromatic rings. The van der Waals surface area contributed by atoms with Gasteiger partial charge in [0.2, 0.25) is 5.91 Å². The van der Waals surface area contributed by atoms with Crippen LogP contribution in [0.1, 0.15) is 12.8 Å². The standard InChI is InChI=1S/C17H18N2O4S/c1-23-15-7-9-16(10-8-15)24-11-3-6-17(20)18-13-4-2-5-14(12-13)19(21)22/h2,4-5,7-10,12H,3,6,11H2,1H3,(H,18,20). The van der Waals surface area contributed by atoms with Gasteiger partial charge in [0.1, 0.15) is 5.75 Å². The van der Waals surface area contributed by atoms with Crippen LogP contribution in [0.2, 0.25) is 0 Å². The minimum Gasteiger partial charge on any atom is -0.497 e. The summed E-state index contributed by atoms with van der Waals surface area (Å²) in [4.78, 5) is 23.2. The molecule has 1 amide bonds. The number of anilines is 1. The Labute approximate surface area is 144 Å². The molecule has 1 N–H and O–H groups in total. The molecule has 0 atom stereocenters. The number of nitro groups is 1. The molecule has 0 unspecified atom stereocenters. The summed E-state index contributed by atoms with van der Waals surface area (Å²) in [5.41, 5.74) is 0.403. The largest absolute Gasteiger partial charge is 0.497 e. The highest BCUT2D eigenvalue weighted by molar-refractivity contribution is 7.99. The molecule has 2 rings (SSSR count). The van der Waals surface area contributed by atoms with Gasteiger partial charge < -0.3 is 10.1 Å². The second-order valence-corrected chi connectivity index (χ2v) is 6.15. The Balaban J connectivity index is 1.73. The molecule has 0 saturated heterocycles. The summed E-state index contributed by atoms with van der Waals surface area (Å²) in [5.74, 6) is 1.48. The van der Waals surface area contributed by atoms with Gasteiger partial charge in [-0.1, -0.05) is 6.07 Å². The highest BCUT2D eigenvalue weighted by atomic mass is 32.2. The van der Waals surface area contributed by atoms with Crippen LogP contribution in [0, 0.1) is 10.1 Å². The molecule has 0 aliphatic carbocycles. The first-order valence-corrected chi connectivity index (χ1v) is 8.38. The number of amides is 1. The molecule has 6 nitrogen and oxygen atoms in total. The molecule has 0 aliphatic heterocycles. The van der Waals surface area contributed by atoms with E-state index in [1.807, 2.05) is 24.3 Å². The van der Waals surface area contributed by atoms with Crippen molar-refractivity contribution in [3.05, 3.63) is 58.6 Å². The van der Waals surface area contributed by atoms with Crippen LogP contribution in [0.5, 0.6) is 5.75 Å². The number of hydrogen-bond acceptors (Lipinski definition) is 5. The van der Waals surface area contributed by atoms with E-state index >= 15 is 0 Å². The van der Waals surface area contributed by atoms with E-state index in [2.05, 4.69) is 5.32 Å². The number of thioether (sulfide) groups is 1. The maximum Gasteiger partial charge on any atom is 0.271 e. The number of carbonyl (C=O) groups is 1. The van der Waals surface area contributed by atoms with Crippen LogP contribution >= 0.6 is 11.8 Å². The van der Waals surface area contributed by atoms with E-state index in [1.54, 1.807) is 31.0 Å². The van der Waals surface area contributed by atoms with Crippen LogP contribution < -0.4 is 10.1 Å². The maximum atomic E-state index is 11.9. The van der Waals surface area contributed by atoms with Crippen molar-refractivity contribution in [2.75, 3.05) is 18.2 Å². The highest BCUT2D eigenvalue weighted by Crippen LogP contribution is 2.22. The molecule has 0 bridgehead atoms. The van der Waals surface area contributed by atoms with Crippen molar-refractivity contribution in [1.82, 2.24) is 0 Å². The second kappa shape index (κ2) is 8.93. The van der Waals surface area contributed by atoms with E-state index in [-0.39, 0.29) is 11.6 Å². The van der Waals surface area contributed by atoms with Gasteiger partial charge in [0.15, 0.2) is 0 Å². The topological polar surface area (TPSA) is 81.5 Å². The molecule has 0 fully saturated rings. The van der Waals surface area contributed by atoms with Gasteiger partial charge in [-0.05, 0) is 42.5 Å². The molecule has 0 aromatic heterocycles. The third-order valence-electron chi connectivity index (χ3n) is 3.22. The molecular weight excluding hydrogens is 328 g/mol. The first-order valence-electron chi connectivity index (χ1n) is 7.39. The van der Waals surface area contributed by atoms with Crippen LogP contribution in [0.25, 0.3) is 0 Å². The fraction of sp³-hybridized carbons (Fsp3) is 0.235. The van der Waals surface area contributed by atoms with Crippen LogP contribution in [0.4, 0.5) is 11.4 Å². The van der Waals surface area contributed by atoms with E-state index in [1.165, 1.54) is 12.1 Å². The number of hydrogen-bond donors (Lipinski definition) is 1. The van der Waals surface area contributed by atoms with Gasteiger partial charge in [-0.25, -0.2) is 0 Å². The molecule has 0 spiro atoms. The molecule has 0 radical (unpaired) electrons. The van der Waals surface area contributed by atoms with Crippen LogP contribution in [-0.4, -0.2) is 23.7 Å². The molecular formula is C17H18N2O4S. The summed E-state index contributed by atoms with van der Waals surface area (Å²) in [6, 6.07) is 13.7. The van der Waals surface area contributed by atoms with Crippen molar-refractivity contribution in [1.29, 1.82) is 0 Å². The zero-order valence-electron chi connectivity index (χ0n) is 13.2. The Morgan fingerprint density at radius 1 is 1.25 bits per heavy atom. The molecule has 0 aliphatic rings. The van der Waals surface area contributed by atoms with Crippen LogP contribution in [0.3, 0.4) is 0 Å². The van der Waals surface area contributed by atoms with E-state index < -0.39 is 4.92 Å². The van der Waals surface area contributed by atoms with Gasteiger partial charge in [0, 0.05) is 29.1 Å². The van der Waals surface area contributed by atoms with E-state index in [4.69, 9.17) is 4.74 Å². The predicted molar refractivity (Wildman–Crippen MR) is 94.7 cm³/mol. The Bertz CT molecular complexity index is 704. The van der Waals surface area contributed by atoms with Crippen molar-refractivity contribution in [2.24, 2.45) is 0 Å². The average Bonchev–Trinajstić information content (AvgIpc) is 2.59. The molecule has 2 aromatic carbocycles. The SMILES string of the molecule is COc1ccc(SCCCC(=O)Nc2cccc([N+](=O)[O-])c2)cc1. The Hall–Kier alpha value is -2.54. The summed E-state index contributed by atoms with van der Waals surface area (Å²) in [5, 5.41) is 13.4. The lowest BCUT2D eigenvalue weighted by molar-refractivity contribution is -0.384. The van der Waals surface area contributed by atoms with Gasteiger partial charge in [-0.2, -0.15) is 0 Å². The van der Waals surface area contributed by atoms with E-state index in [9.17, 15) is 14.9 Å². The lowest BCUT2D eigenvalue weighted by atomic mass is 10.2. The molecule has 0 heterocycles. The quantitative estimate of drug-likeness (QED) is 0.337. The van der Waals surface area contributed by atoms with Crippen molar-refractivity contribution >= 4 is 29.0 Å². The lowest BCUT2D eigenvalue weighted by Gasteiger charge is -2.06. The van der Waals surface area contributed by atoms with Crippen molar-refractivity contribution < 1.29 is 14.5 Å². The number of rotatable bonds is 8. The first kappa shape index (κ1) is 17.8. The Kier molecular flexibility index (Phi) is 6.62. The van der Waals surface area contributed by atoms with E-state index in [0.717, 1.165) is 22.8 Å². The van der Waals surface area contributed by atoms with Crippen molar-refractivity contribution in [3.63, 3.8) is 0 Å². The lowest BCUT2D eigenvalue weighted by Crippen LogP contribution is -2.11. The van der Waals surface area contributed by atoms with E-state index in [0.29, 0.717) is 12.1 Å². The number of ether oxygens (including phenoxy) is 1. The van der Waals surface area contributed by atoms with Crippen LogP contribution in [-0.2, 0) is 4.79 Å². The first-order chi connectivity index (χ1) is 11.6. The third kappa shape index (κ3) is 5.58. The maximum absolute atomic E-state index is 11.9. The average molecular weight is 346 g/mol. The summed E-state index contributed by atoms with van der Waals surface area (Å²) < 4.78 is 5.10. The second-order valence-electron chi connectivity index (χ2n) is 4.98. The smallest absolute Gasteiger partial charge is 0.271 e. The predicted octanol–water partition coefficient (Wildman–Crippen LogP) is 4.11. The number of benzene rings is 2. The number of nitro benzene ring substituents is 1. The fourth-order valence-electron chi connectivity index (χ4n) is 2.02. The van der Waals surface area contributed by atoms with Gasteiger partial charge in [-0.15, -0.1) is 11.8 Å². The Morgan fingerprint density at radius 2 is 2.00 bits per heavy atom. The normalized spacial score (nSPS) is 10.2. The molecule has 7 heteroatoms. The summed E-state index contributed by atoms with van der Waals surface area (Å²) in [6.45, 7) is 0. The monoisotopic (exact) mass is 346 g/mol.